The van der Waals surface area contributed by atoms with Crippen LogP contribution in [0.4, 0.5) is 0 Å². The van der Waals surface area contributed by atoms with Gasteiger partial charge in [-0.1, -0.05) is 12.1 Å². The van der Waals surface area contributed by atoms with Gasteiger partial charge >= 0.3 is 0 Å². The molecule has 0 fully saturated rings. The highest BCUT2D eigenvalue weighted by atomic mass is 16.5. The van der Waals surface area contributed by atoms with E-state index in [-0.39, 0.29) is 0 Å². The van der Waals surface area contributed by atoms with E-state index in [1.165, 1.54) is 0 Å². The predicted octanol–water partition coefficient (Wildman–Crippen LogP) is 1.76. The summed E-state index contributed by atoms with van der Waals surface area (Å²) in [7, 11) is 3.28. The normalized spacial score (nSPS) is 10.7. The van der Waals surface area contributed by atoms with Crippen molar-refractivity contribution >= 4 is 0 Å². The van der Waals surface area contributed by atoms with Gasteiger partial charge in [0.15, 0.2) is 11.5 Å². The van der Waals surface area contributed by atoms with Crippen LogP contribution in [0, 0.1) is 6.92 Å². The van der Waals surface area contributed by atoms with Crippen LogP contribution in [0.1, 0.15) is 23.7 Å². The van der Waals surface area contributed by atoms with Gasteiger partial charge < -0.3 is 14.8 Å². The van der Waals surface area contributed by atoms with Gasteiger partial charge in [-0.2, -0.15) is 0 Å². The Morgan fingerprint density at radius 1 is 1.19 bits per heavy atom. The lowest BCUT2D eigenvalue weighted by Crippen LogP contribution is -2.11. The van der Waals surface area contributed by atoms with Crippen molar-refractivity contribution in [2.24, 2.45) is 0 Å². The second-order valence-electron chi connectivity index (χ2n) is 4.82. The van der Waals surface area contributed by atoms with Crippen molar-refractivity contribution in [3.63, 3.8) is 0 Å². The summed E-state index contributed by atoms with van der Waals surface area (Å²) in [6, 6.07) is 3.96. The van der Waals surface area contributed by atoms with Crippen molar-refractivity contribution < 1.29 is 9.47 Å². The largest absolute Gasteiger partial charge is 0.493 e. The molecule has 1 aromatic carbocycles. The van der Waals surface area contributed by atoms with Crippen molar-refractivity contribution in [2.75, 3.05) is 20.8 Å². The molecule has 1 aromatic heterocycles. The summed E-state index contributed by atoms with van der Waals surface area (Å²) in [5.74, 6) is 1.47. The Morgan fingerprint density at radius 2 is 1.90 bits per heavy atom. The fourth-order valence-corrected chi connectivity index (χ4v) is 2.12. The van der Waals surface area contributed by atoms with Crippen LogP contribution >= 0.6 is 0 Å². The fourth-order valence-electron chi connectivity index (χ4n) is 2.12. The smallest absolute Gasteiger partial charge is 0.161 e. The van der Waals surface area contributed by atoms with Gasteiger partial charge in [-0.3, -0.25) is 0 Å². The molecule has 21 heavy (non-hydrogen) atoms. The van der Waals surface area contributed by atoms with Crippen molar-refractivity contribution in [3.05, 3.63) is 35.2 Å². The Labute approximate surface area is 125 Å². The quantitative estimate of drug-likeness (QED) is 0.842. The van der Waals surface area contributed by atoms with Crippen LogP contribution in [0.2, 0.25) is 0 Å². The number of ether oxygens (including phenoxy) is 2. The SMILES string of the molecule is CCNCc1cn(Cc2cc(OC)c(OC)cc2C)nn1. The summed E-state index contributed by atoms with van der Waals surface area (Å²) >= 11 is 0. The van der Waals surface area contributed by atoms with Crippen LogP contribution in [-0.2, 0) is 13.1 Å². The zero-order valence-electron chi connectivity index (χ0n) is 13.0. The van der Waals surface area contributed by atoms with Gasteiger partial charge in [-0.25, -0.2) is 4.68 Å². The molecule has 6 nitrogen and oxygen atoms in total. The highest BCUT2D eigenvalue weighted by Crippen LogP contribution is 2.30. The van der Waals surface area contributed by atoms with E-state index in [1.54, 1.807) is 14.2 Å². The number of rotatable bonds is 7. The summed E-state index contributed by atoms with van der Waals surface area (Å²) in [5, 5.41) is 11.5. The van der Waals surface area contributed by atoms with E-state index < -0.39 is 0 Å². The molecular formula is C15H22N4O2. The number of benzene rings is 1. The molecule has 1 heterocycles. The molecule has 0 saturated heterocycles. The van der Waals surface area contributed by atoms with E-state index in [2.05, 4.69) is 22.6 Å². The maximum Gasteiger partial charge on any atom is 0.161 e. The minimum atomic E-state index is 0.658. The summed E-state index contributed by atoms with van der Waals surface area (Å²) < 4.78 is 12.5. The zero-order chi connectivity index (χ0) is 15.2. The van der Waals surface area contributed by atoms with Crippen LogP contribution in [0.5, 0.6) is 11.5 Å². The van der Waals surface area contributed by atoms with E-state index in [4.69, 9.17) is 9.47 Å². The summed E-state index contributed by atoms with van der Waals surface area (Å²) in [6.45, 7) is 6.43. The predicted molar refractivity (Wildman–Crippen MR) is 80.8 cm³/mol. The summed E-state index contributed by atoms with van der Waals surface area (Å²) in [6.07, 6.45) is 1.96. The first-order chi connectivity index (χ1) is 10.2. The van der Waals surface area contributed by atoms with Crippen LogP contribution < -0.4 is 14.8 Å². The Hall–Kier alpha value is -2.08. The van der Waals surface area contributed by atoms with E-state index >= 15 is 0 Å². The number of nitrogens with one attached hydrogen (secondary N) is 1. The molecule has 0 aliphatic heterocycles. The molecule has 0 unspecified atom stereocenters. The van der Waals surface area contributed by atoms with Crippen LogP contribution in [-0.4, -0.2) is 35.8 Å². The zero-order valence-corrected chi connectivity index (χ0v) is 13.0. The van der Waals surface area contributed by atoms with E-state index in [1.807, 2.05) is 29.9 Å². The molecule has 2 aromatic rings. The topological polar surface area (TPSA) is 61.2 Å². The number of nitrogens with zero attached hydrogens (tertiary/aromatic N) is 3. The molecule has 0 saturated carbocycles. The average Bonchev–Trinajstić information content (AvgIpc) is 2.94. The summed E-state index contributed by atoms with van der Waals surface area (Å²) in [5.41, 5.74) is 3.21. The van der Waals surface area contributed by atoms with Gasteiger partial charge in [0.2, 0.25) is 0 Å². The molecule has 0 atom stereocenters. The average molecular weight is 290 g/mol. The molecule has 0 aliphatic rings. The number of aryl methyl sites for hydroxylation is 1. The Balaban J connectivity index is 2.17. The van der Waals surface area contributed by atoms with Gasteiger partial charge in [0, 0.05) is 6.54 Å². The first-order valence-corrected chi connectivity index (χ1v) is 6.99. The first-order valence-electron chi connectivity index (χ1n) is 6.99. The molecule has 6 heteroatoms. The minimum Gasteiger partial charge on any atom is -0.493 e. The number of hydrogen-bond acceptors (Lipinski definition) is 5. The lowest BCUT2D eigenvalue weighted by Gasteiger charge is -2.12. The molecule has 1 N–H and O–H groups in total. The Bertz CT molecular complexity index is 595. The third kappa shape index (κ3) is 3.72. The number of aromatic nitrogens is 3. The number of hydrogen-bond donors (Lipinski definition) is 1. The van der Waals surface area contributed by atoms with Crippen molar-refractivity contribution in [1.29, 1.82) is 0 Å². The Kier molecular flexibility index (Phi) is 5.16. The molecule has 0 amide bonds. The first kappa shape index (κ1) is 15.3. The van der Waals surface area contributed by atoms with Gasteiger partial charge in [0.05, 0.1) is 32.7 Å². The Morgan fingerprint density at radius 3 is 2.57 bits per heavy atom. The van der Waals surface area contributed by atoms with Gasteiger partial charge in [-0.15, -0.1) is 5.10 Å². The van der Waals surface area contributed by atoms with Crippen LogP contribution in [0.15, 0.2) is 18.3 Å². The highest BCUT2D eigenvalue weighted by molar-refractivity contribution is 5.47. The molecule has 0 spiro atoms. The van der Waals surface area contributed by atoms with Gasteiger partial charge in [0.1, 0.15) is 0 Å². The van der Waals surface area contributed by atoms with Crippen molar-refractivity contribution in [1.82, 2.24) is 20.3 Å². The van der Waals surface area contributed by atoms with Crippen LogP contribution in [0.3, 0.4) is 0 Å². The van der Waals surface area contributed by atoms with E-state index in [9.17, 15) is 0 Å². The minimum absolute atomic E-state index is 0.658. The standard InChI is InChI=1S/C15H22N4O2/c1-5-16-8-13-10-19(18-17-13)9-12-7-15(21-4)14(20-3)6-11(12)2/h6-7,10,16H,5,8-9H2,1-4H3. The van der Waals surface area contributed by atoms with E-state index in [0.29, 0.717) is 6.54 Å². The third-order valence-electron chi connectivity index (χ3n) is 3.32. The third-order valence-corrected chi connectivity index (χ3v) is 3.32. The lowest BCUT2D eigenvalue weighted by atomic mass is 10.1. The second kappa shape index (κ2) is 7.08. The molecule has 0 radical (unpaired) electrons. The van der Waals surface area contributed by atoms with Crippen molar-refractivity contribution in [2.45, 2.75) is 26.9 Å². The van der Waals surface area contributed by atoms with Crippen LogP contribution in [0.25, 0.3) is 0 Å². The number of methoxy groups -OCH3 is 2. The molecule has 0 aliphatic carbocycles. The highest BCUT2D eigenvalue weighted by Gasteiger charge is 2.10. The van der Waals surface area contributed by atoms with E-state index in [0.717, 1.165) is 41.4 Å². The maximum absolute atomic E-state index is 5.35. The van der Waals surface area contributed by atoms with Gasteiger partial charge in [-0.05, 0) is 36.7 Å². The fraction of sp³-hybridized carbons (Fsp3) is 0.467. The molecule has 114 valence electrons. The van der Waals surface area contributed by atoms with Crippen molar-refractivity contribution in [3.8, 4) is 11.5 Å². The summed E-state index contributed by atoms with van der Waals surface area (Å²) in [4.78, 5) is 0. The molecule has 2 rings (SSSR count). The lowest BCUT2D eigenvalue weighted by molar-refractivity contribution is 0.354. The maximum atomic E-state index is 5.35. The van der Waals surface area contributed by atoms with Gasteiger partial charge in [0.25, 0.3) is 0 Å². The molecular weight excluding hydrogens is 268 g/mol. The monoisotopic (exact) mass is 290 g/mol. The second-order valence-corrected chi connectivity index (χ2v) is 4.82. The molecule has 0 bridgehead atoms.